The highest BCUT2D eigenvalue weighted by atomic mass is 16.4. The SMILES string of the molecule is O=C(O)CC1(NC2CC2)CCCC1. The third-order valence-corrected chi connectivity index (χ3v) is 3.14. The molecule has 0 bridgehead atoms. The number of carboxylic acids is 1. The lowest BCUT2D eigenvalue weighted by atomic mass is 9.93. The van der Waals surface area contributed by atoms with Crippen LogP contribution < -0.4 is 5.32 Å². The van der Waals surface area contributed by atoms with Crippen molar-refractivity contribution in [3.8, 4) is 0 Å². The molecular formula is C10H17NO2. The molecule has 2 aliphatic carbocycles. The highest BCUT2D eigenvalue weighted by Crippen LogP contribution is 2.36. The van der Waals surface area contributed by atoms with Crippen molar-refractivity contribution < 1.29 is 9.90 Å². The van der Waals surface area contributed by atoms with Crippen LogP contribution in [0.4, 0.5) is 0 Å². The molecular weight excluding hydrogens is 166 g/mol. The Hall–Kier alpha value is -0.570. The molecule has 0 unspecified atom stereocenters. The van der Waals surface area contributed by atoms with Gasteiger partial charge in [-0.15, -0.1) is 0 Å². The fourth-order valence-electron chi connectivity index (χ4n) is 2.37. The van der Waals surface area contributed by atoms with Crippen LogP contribution >= 0.6 is 0 Å². The van der Waals surface area contributed by atoms with Crippen LogP contribution in [0.1, 0.15) is 44.9 Å². The standard InChI is InChI=1S/C10H17NO2/c12-9(13)7-10(5-1-2-6-10)11-8-3-4-8/h8,11H,1-7H2,(H,12,13). The summed E-state index contributed by atoms with van der Waals surface area (Å²) in [5.74, 6) is -0.657. The first-order valence-corrected chi connectivity index (χ1v) is 5.20. The summed E-state index contributed by atoms with van der Waals surface area (Å²) in [6.45, 7) is 0. The minimum Gasteiger partial charge on any atom is -0.481 e. The molecule has 2 fully saturated rings. The maximum atomic E-state index is 10.7. The topological polar surface area (TPSA) is 49.3 Å². The van der Waals surface area contributed by atoms with E-state index in [9.17, 15) is 4.79 Å². The summed E-state index contributed by atoms with van der Waals surface area (Å²) in [4.78, 5) is 10.7. The van der Waals surface area contributed by atoms with Gasteiger partial charge in [0.2, 0.25) is 0 Å². The average molecular weight is 183 g/mol. The van der Waals surface area contributed by atoms with Crippen molar-refractivity contribution in [1.82, 2.24) is 5.32 Å². The van der Waals surface area contributed by atoms with Crippen LogP contribution in [0.2, 0.25) is 0 Å². The lowest BCUT2D eigenvalue weighted by Crippen LogP contribution is -2.45. The number of carboxylic acid groups (broad SMARTS) is 1. The van der Waals surface area contributed by atoms with E-state index in [0.717, 1.165) is 12.8 Å². The minimum atomic E-state index is -0.657. The second kappa shape index (κ2) is 3.29. The first-order chi connectivity index (χ1) is 6.20. The van der Waals surface area contributed by atoms with E-state index in [1.165, 1.54) is 25.7 Å². The molecule has 0 aromatic heterocycles. The fraction of sp³-hybridized carbons (Fsp3) is 0.900. The van der Waals surface area contributed by atoms with Crippen LogP contribution in [0.25, 0.3) is 0 Å². The van der Waals surface area contributed by atoms with Crippen molar-refractivity contribution in [3.63, 3.8) is 0 Å². The molecule has 0 radical (unpaired) electrons. The Bertz CT molecular complexity index is 205. The Morgan fingerprint density at radius 2 is 2.00 bits per heavy atom. The quantitative estimate of drug-likeness (QED) is 0.694. The van der Waals surface area contributed by atoms with E-state index >= 15 is 0 Å². The van der Waals surface area contributed by atoms with Crippen LogP contribution in [0, 0.1) is 0 Å². The number of hydrogen-bond acceptors (Lipinski definition) is 2. The van der Waals surface area contributed by atoms with E-state index in [2.05, 4.69) is 5.32 Å². The van der Waals surface area contributed by atoms with Crippen LogP contribution in [0.5, 0.6) is 0 Å². The van der Waals surface area contributed by atoms with Crippen molar-refractivity contribution in [2.75, 3.05) is 0 Å². The zero-order valence-electron chi connectivity index (χ0n) is 7.88. The number of carbonyl (C=O) groups is 1. The second-order valence-corrected chi connectivity index (χ2v) is 4.48. The molecule has 2 aliphatic rings. The summed E-state index contributed by atoms with van der Waals surface area (Å²) in [7, 11) is 0. The average Bonchev–Trinajstić information content (AvgIpc) is 2.70. The monoisotopic (exact) mass is 183 g/mol. The van der Waals surface area contributed by atoms with Gasteiger partial charge in [-0.05, 0) is 25.7 Å². The molecule has 2 saturated carbocycles. The van der Waals surface area contributed by atoms with Gasteiger partial charge >= 0.3 is 5.97 Å². The molecule has 0 aliphatic heterocycles. The molecule has 74 valence electrons. The second-order valence-electron chi connectivity index (χ2n) is 4.48. The zero-order chi connectivity index (χ0) is 9.31. The Kier molecular flexibility index (Phi) is 2.28. The highest BCUT2D eigenvalue weighted by Gasteiger charge is 2.39. The molecule has 3 heteroatoms. The highest BCUT2D eigenvalue weighted by molar-refractivity contribution is 5.68. The number of hydrogen-bond donors (Lipinski definition) is 2. The Morgan fingerprint density at radius 1 is 1.38 bits per heavy atom. The summed E-state index contributed by atoms with van der Waals surface area (Å²) >= 11 is 0. The van der Waals surface area contributed by atoms with Crippen LogP contribution in [0.15, 0.2) is 0 Å². The number of aliphatic carboxylic acids is 1. The lowest BCUT2D eigenvalue weighted by molar-refractivity contribution is -0.138. The predicted molar refractivity (Wildman–Crippen MR) is 49.6 cm³/mol. The normalized spacial score (nSPS) is 26.2. The van der Waals surface area contributed by atoms with Gasteiger partial charge in [0.25, 0.3) is 0 Å². The van der Waals surface area contributed by atoms with Crippen molar-refractivity contribution in [2.24, 2.45) is 0 Å². The molecule has 0 aromatic carbocycles. The summed E-state index contributed by atoms with van der Waals surface area (Å²) in [5, 5.41) is 12.3. The first kappa shape index (κ1) is 9.00. The predicted octanol–water partition coefficient (Wildman–Crippen LogP) is 1.53. The molecule has 0 spiro atoms. The zero-order valence-corrected chi connectivity index (χ0v) is 7.88. The number of nitrogens with one attached hydrogen (secondary N) is 1. The van der Waals surface area contributed by atoms with Gasteiger partial charge in [0.15, 0.2) is 0 Å². The summed E-state index contributed by atoms with van der Waals surface area (Å²) in [6, 6.07) is 0.623. The van der Waals surface area contributed by atoms with Crippen LogP contribution in [-0.4, -0.2) is 22.7 Å². The molecule has 3 nitrogen and oxygen atoms in total. The van der Waals surface area contributed by atoms with Gasteiger partial charge in [0, 0.05) is 11.6 Å². The third-order valence-electron chi connectivity index (χ3n) is 3.14. The first-order valence-electron chi connectivity index (χ1n) is 5.20. The van der Waals surface area contributed by atoms with E-state index in [0.29, 0.717) is 12.5 Å². The van der Waals surface area contributed by atoms with Gasteiger partial charge in [-0.2, -0.15) is 0 Å². The van der Waals surface area contributed by atoms with Gasteiger partial charge in [0.05, 0.1) is 6.42 Å². The van der Waals surface area contributed by atoms with Crippen molar-refractivity contribution in [3.05, 3.63) is 0 Å². The largest absolute Gasteiger partial charge is 0.481 e. The maximum absolute atomic E-state index is 10.7. The van der Waals surface area contributed by atoms with Crippen molar-refractivity contribution in [2.45, 2.75) is 56.5 Å². The Morgan fingerprint density at radius 3 is 2.46 bits per heavy atom. The van der Waals surface area contributed by atoms with E-state index < -0.39 is 5.97 Å². The molecule has 0 heterocycles. The minimum absolute atomic E-state index is 0.0486. The molecule has 2 rings (SSSR count). The summed E-state index contributed by atoms with van der Waals surface area (Å²) in [5.41, 5.74) is -0.0486. The van der Waals surface area contributed by atoms with Crippen LogP contribution in [-0.2, 0) is 4.79 Å². The van der Waals surface area contributed by atoms with Gasteiger partial charge in [0.1, 0.15) is 0 Å². The van der Waals surface area contributed by atoms with E-state index in [-0.39, 0.29) is 5.54 Å². The van der Waals surface area contributed by atoms with E-state index in [1.807, 2.05) is 0 Å². The third kappa shape index (κ3) is 2.21. The van der Waals surface area contributed by atoms with Crippen molar-refractivity contribution in [1.29, 1.82) is 0 Å². The van der Waals surface area contributed by atoms with Crippen molar-refractivity contribution >= 4 is 5.97 Å². The summed E-state index contributed by atoms with van der Waals surface area (Å²) < 4.78 is 0. The van der Waals surface area contributed by atoms with Gasteiger partial charge in [-0.3, -0.25) is 4.79 Å². The molecule has 0 amide bonds. The van der Waals surface area contributed by atoms with Gasteiger partial charge < -0.3 is 10.4 Å². The fourth-order valence-corrected chi connectivity index (χ4v) is 2.37. The van der Waals surface area contributed by atoms with Gasteiger partial charge in [-0.1, -0.05) is 12.8 Å². The molecule has 0 aromatic rings. The molecule has 2 N–H and O–H groups in total. The van der Waals surface area contributed by atoms with E-state index in [1.54, 1.807) is 0 Å². The summed E-state index contributed by atoms with van der Waals surface area (Å²) in [6.07, 6.45) is 7.26. The molecule has 0 saturated heterocycles. The molecule has 13 heavy (non-hydrogen) atoms. The van der Waals surface area contributed by atoms with Gasteiger partial charge in [-0.25, -0.2) is 0 Å². The Balaban J connectivity index is 1.95. The Labute approximate surface area is 78.5 Å². The maximum Gasteiger partial charge on any atom is 0.305 e. The van der Waals surface area contributed by atoms with E-state index in [4.69, 9.17) is 5.11 Å². The smallest absolute Gasteiger partial charge is 0.305 e. The van der Waals surface area contributed by atoms with Crippen LogP contribution in [0.3, 0.4) is 0 Å². The lowest BCUT2D eigenvalue weighted by Gasteiger charge is -2.28. The number of rotatable bonds is 4. The molecule has 0 atom stereocenters.